The molecule has 7 heteroatoms. The second kappa shape index (κ2) is 9.12. The molecule has 0 aromatic heterocycles. The van der Waals surface area contributed by atoms with E-state index in [-0.39, 0.29) is 6.10 Å². The molecule has 2 N–H and O–H groups in total. The Bertz CT molecular complexity index is 570. The minimum Gasteiger partial charge on any atom is -0.490 e. The molecule has 2 amide bonds. The number of rotatable bonds is 7. The van der Waals surface area contributed by atoms with Gasteiger partial charge in [-0.15, -0.1) is 0 Å². The van der Waals surface area contributed by atoms with Crippen molar-refractivity contribution in [1.82, 2.24) is 5.32 Å². The Morgan fingerprint density at radius 1 is 1.17 bits per heavy atom. The number of nitrogens with one attached hydrogen (secondary N) is 2. The predicted octanol–water partition coefficient (Wildman–Crippen LogP) is 1.72. The van der Waals surface area contributed by atoms with E-state index in [0.717, 1.165) is 12.8 Å². The molecule has 0 radical (unpaired) electrons. The van der Waals surface area contributed by atoms with Crippen molar-refractivity contribution in [3.05, 3.63) is 18.2 Å². The van der Waals surface area contributed by atoms with Crippen LogP contribution in [0.25, 0.3) is 0 Å². The van der Waals surface area contributed by atoms with Crippen molar-refractivity contribution >= 4 is 17.5 Å². The van der Waals surface area contributed by atoms with Gasteiger partial charge in [-0.05, 0) is 38.8 Å². The van der Waals surface area contributed by atoms with Crippen LogP contribution in [0, 0.1) is 0 Å². The number of ether oxygens (including phenoxy) is 3. The van der Waals surface area contributed by atoms with Gasteiger partial charge in [0.25, 0.3) is 0 Å². The van der Waals surface area contributed by atoms with E-state index in [1.165, 1.54) is 0 Å². The largest absolute Gasteiger partial charge is 0.490 e. The van der Waals surface area contributed by atoms with Crippen LogP contribution in [0.1, 0.15) is 26.7 Å². The lowest BCUT2D eigenvalue weighted by Gasteiger charge is -2.13. The van der Waals surface area contributed by atoms with Crippen molar-refractivity contribution in [1.29, 1.82) is 0 Å². The zero-order valence-electron chi connectivity index (χ0n) is 14.1. The lowest BCUT2D eigenvalue weighted by molar-refractivity contribution is -0.136. The number of benzene rings is 1. The first-order valence-corrected chi connectivity index (χ1v) is 8.24. The van der Waals surface area contributed by atoms with Gasteiger partial charge >= 0.3 is 11.8 Å². The average Bonchev–Trinajstić information content (AvgIpc) is 3.09. The van der Waals surface area contributed by atoms with Crippen molar-refractivity contribution in [3.63, 3.8) is 0 Å². The first-order valence-electron chi connectivity index (χ1n) is 8.24. The highest BCUT2D eigenvalue weighted by Gasteiger charge is 2.19. The summed E-state index contributed by atoms with van der Waals surface area (Å²) in [6.45, 7) is 5.78. The van der Waals surface area contributed by atoms with Crippen LogP contribution in [-0.2, 0) is 14.3 Å². The molecule has 1 aromatic rings. The summed E-state index contributed by atoms with van der Waals surface area (Å²) in [6.07, 6.45) is 1.88. The van der Waals surface area contributed by atoms with E-state index in [1.807, 2.05) is 13.8 Å². The number of hydrogen-bond acceptors (Lipinski definition) is 5. The minimum absolute atomic E-state index is 0.00298. The monoisotopic (exact) mass is 336 g/mol. The molecule has 0 saturated carbocycles. The highest BCUT2D eigenvalue weighted by Crippen LogP contribution is 2.30. The van der Waals surface area contributed by atoms with Gasteiger partial charge in [0.2, 0.25) is 0 Å². The Kier molecular flexibility index (Phi) is 6.87. The second-order valence-electron chi connectivity index (χ2n) is 5.33. The van der Waals surface area contributed by atoms with E-state index in [9.17, 15) is 9.59 Å². The summed E-state index contributed by atoms with van der Waals surface area (Å²) >= 11 is 0. The predicted molar refractivity (Wildman–Crippen MR) is 89.4 cm³/mol. The molecule has 1 aliphatic rings. The van der Waals surface area contributed by atoms with E-state index in [1.54, 1.807) is 18.2 Å². The topological polar surface area (TPSA) is 85.9 Å². The second-order valence-corrected chi connectivity index (χ2v) is 5.33. The van der Waals surface area contributed by atoms with Crippen LogP contribution in [0.2, 0.25) is 0 Å². The lowest BCUT2D eigenvalue weighted by atomic mass is 10.2. The van der Waals surface area contributed by atoms with Crippen LogP contribution >= 0.6 is 0 Å². The van der Waals surface area contributed by atoms with Crippen LogP contribution in [0.5, 0.6) is 11.5 Å². The Labute approximate surface area is 141 Å². The fourth-order valence-electron chi connectivity index (χ4n) is 2.41. The standard InChI is InChI=1S/C17H24N2O5/c1-3-22-14-8-7-12(10-15(14)23-4-2)19-17(21)16(20)18-11-13-6-5-9-24-13/h7-8,10,13H,3-6,9,11H2,1-2H3,(H,18,20)(H,19,21). The number of carbonyl (C=O) groups is 2. The van der Waals surface area contributed by atoms with Gasteiger partial charge in [-0.25, -0.2) is 0 Å². The molecular weight excluding hydrogens is 312 g/mol. The van der Waals surface area contributed by atoms with Gasteiger partial charge in [0.15, 0.2) is 11.5 Å². The van der Waals surface area contributed by atoms with Gasteiger partial charge in [-0.2, -0.15) is 0 Å². The third-order valence-corrected chi connectivity index (χ3v) is 3.52. The SMILES string of the molecule is CCOc1ccc(NC(=O)C(=O)NCC2CCCO2)cc1OCC. The quantitative estimate of drug-likeness (QED) is 0.741. The molecule has 24 heavy (non-hydrogen) atoms. The highest BCUT2D eigenvalue weighted by molar-refractivity contribution is 6.39. The number of amides is 2. The molecule has 0 aliphatic carbocycles. The third kappa shape index (κ3) is 5.13. The average molecular weight is 336 g/mol. The number of carbonyl (C=O) groups excluding carboxylic acids is 2. The molecule has 2 rings (SSSR count). The maximum atomic E-state index is 12.0. The first-order chi connectivity index (χ1) is 11.6. The van der Waals surface area contributed by atoms with Crippen molar-refractivity contribution in [2.24, 2.45) is 0 Å². The minimum atomic E-state index is -0.723. The van der Waals surface area contributed by atoms with Crippen LogP contribution in [0.4, 0.5) is 5.69 Å². The van der Waals surface area contributed by atoms with Crippen LogP contribution in [0.3, 0.4) is 0 Å². The number of anilines is 1. The molecule has 132 valence electrons. The summed E-state index contributed by atoms with van der Waals surface area (Å²) in [5, 5.41) is 5.14. The molecule has 1 aromatic carbocycles. The van der Waals surface area contributed by atoms with E-state index >= 15 is 0 Å². The van der Waals surface area contributed by atoms with Gasteiger partial charge in [0, 0.05) is 24.9 Å². The lowest BCUT2D eigenvalue weighted by Crippen LogP contribution is -2.39. The van der Waals surface area contributed by atoms with Crippen molar-refractivity contribution in [3.8, 4) is 11.5 Å². The molecule has 0 spiro atoms. The van der Waals surface area contributed by atoms with Crippen molar-refractivity contribution < 1.29 is 23.8 Å². The Balaban J connectivity index is 1.91. The van der Waals surface area contributed by atoms with Crippen LogP contribution in [-0.4, -0.2) is 44.3 Å². The van der Waals surface area contributed by atoms with Crippen LogP contribution < -0.4 is 20.1 Å². The summed E-state index contributed by atoms with van der Waals surface area (Å²) in [5.74, 6) is -0.283. The molecule has 1 saturated heterocycles. The van der Waals surface area contributed by atoms with Gasteiger partial charge in [-0.3, -0.25) is 9.59 Å². The van der Waals surface area contributed by atoms with Gasteiger partial charge in [-0.1, -0.05) is 0 Å². The zero-order chi connectivity index (χ0) is 17.4. The smallest absolute Gasteiger partial charge is 0.313 e. The number of hydrogen-bond donors (Lipinski definition) is 2. The summed E-state index contributed by atoms with van der Waals surface area (Å²) in [7, 11) is 0. The van der Waals surface area contributed by atoms with Crippen LogP contribution in [0.15, 0.2) is 18.2 Å². The Morgan fingerprint density at radius 2 is 1.92 bits per heavy atom. The summed E-state index contributed by atoms with van der Waals surface area (Å²) in [5.41, 5.74) is 0.471. The summed E-state index contributed by atoms with van der Waals surface area (Å²) < 4.78 is 16.4. The van der Waals surface area contributed by atoms with Gasteiger partial charge in [0.1, 0.15) is 0 Å². The molecular formula is C17H24N2O5. The highest BCUT2D eigenvalue weighted by atomic mass is 16.5. The fraction of sp³-hybridized carbons (Fsp3) is 0.529. The Hall–Kier alpha value is -2.28. The molecule has 1 unspecified atom stereocenters. The molecule has 1 fully saturated rings. The third-order valence-electron chi connectivity index (χ3n) is 3.52. The maximum absolute atomic E-state index is 12.0. The van der Waals surface area contributed by atoms with Gasteiger partial charge in [0.05, 0.1) is 19.3 Å². The fourth-order valence-corrected chi connectivity index (χ4v) is 2.41. The van der Waals surface area contributed by atoms with E-state index < -0.39 is 11.8 Å². The van der Waals surface area contributed by atoms with Crippen molar-refractivity contribution in [2.45, 2.75) is 32.8 Å². The molecule has 7 nitrogen and oxygen atoms in total. The van der Waals surface area contributed by atoms with E-state index in [0.29, 0.717) is 43.6 Å². The zero-order valence-corrected chi connectivity index (χ0v) is 14.1. The van der Waals surface area contributed by atoms with E-state index in [2.05, 4.69) is 10.6 Å². The normalized spacial score (nSPS) is 16.5. The molecule has 0 bridgehead atoms. The molecule has 1 atom stereocenters. The summed E-state index contributed by atoms with van der Waals surface area (Å²) in [6, 6.07) is 5.01. The van der Waals surface area contributed by atoms with E-state index in [4.69, 9.17) is 14.2 Å². The van der Waals surface area contributed by atoms with Gasteiger partial charge < -0.3 is 24.8 Å². The summed E-state index contributed by atoms with van der Waals surface area (Å²) in [4.78, 5) is 23.8. The Morgan fingerprint density at radius 3 is 2.58 bits per heavy atom. The molecule has 1 aliphatic heterocycles. The first kappa shape index (κ1) is 18.1. The van der Waals surface area contributed by atoms with Crippen molar-refractivity contribution in [2.75, 3.05) is 31.7 Å². The molecule has 1 heterocycles. The maximum Gasteiger partial charge on any atom is 0.313 e.